The predicted octanol–water partition coefficient (Wildman–Crippen LogP) is 3.96. The average Bonchev–Trinajstić information content (AvgIpc) is 3.08. The summed E-state index contributed by atoms with van der Waals surface area (Å²) in [5.41, 5.74) is 1.29. The lowest BCUT2D eigenvalue weighted by atomic mass is 10.1. The topological polar surface area (TPSA) is 112 Å². The molecule has 1 amide bonds. The van der Waals surface area contributed by atoms with Crippen molar-refractivity contribution in [3.8, 4) is 5.88 Å². The molecule has 166 valence electrons. The van der Waals surface area contributed by atoms with Crippen LogP contribution in [0.1, 0.15) is 37.4 Å². The Labute approximate surface area is 184 Å². The maximum absolute atomic E-state index is 12.4. The number of nitrogens with one attached hydrogen (secondary N) is 2. The summed E-state index contributed by atoms with van der Waals surface area (Å²) in [5, 5.41) is 6.83. The molecule has 2 aromatic heterocycles. The number of fused-ring (bicyclic) bond motifs is 3. The number of hydrogen-bond donors (Lipinski definition) is 2. The summed E-state index contributed by atoms with van der Waals surface area (Å²) in [6.07, 6.45) is 1.03. The molecular weight excluding hydrogens is 420 g/mol. The van der Waals surface area contributed by atoms with Gasteiger partial charge in [-0.1, -0.05) is 0 Å². The molecule has 3 rings (SSSR count). The minimum absolute atomic E-state index is 0.267. The summed E-state index contributed by atoms with van der Waals surface area (Å²) in [6.45, 7) is 7.60. The molecule has 0 spiro atoms. The van der Waals surface area contributed by atoms with Gasteiger partial charge in [0, 0.05) is 22.7 Å². The molecule has 31 heavy (non-hydrogen) atoms. The Morgan fingerprint density at radius 2 is 1.97 bits per heavy atom. The number of rotatable bonds is 6. The van der Waals surface area contributed by atoms with Gasteiger partial charge in [0.25, 0.3) is 0 Å². The first kappa shape index (κ1) is 22.5. The van der Waals surface area contributed by atoms with E-state index < -0.39 is 17.7 Å². The van der Waals surface area contributed by atoms with Crippen LogP contribution in [0.3, 0.4) is 0 Å². The molecule has 1 atom stereocenters. The first-order chi connectivity index (χ1) is 14.6. The molecule has 0 unspecified atom stereocenters. The largest absolute Gasteiger partial charge is 0.480 e. The van der Waals surface area contributed by atoms with Gasteiger partial charge in [-0.3, -0.25) is 0 Å². The number of amides is 1. The highest BCUT2D eigenvalue weighted by Crippen LogP contribution is 2.40. The smallest absolute Gasteiger partial charge is 0.407 e. The van der Waals surface area contributed by atoms with Crippen LogP contribution < -0.4 is 15.4 Å². The SMILES string of the molecule is COC(=O)c1sc2ccc3nc(OC)cnc3c2c1NC[C@@H](C)NC(=O)OC(C)(C)C. The van der Waals surface area contributed by atoms with Crippen molar-refractivity contribution in [2.45, 2.75) is 39.3 Å². The van der Waals surface area contributed by atoms with Gasteiger partial charge in [-0.25, -0.2) is 19.6 Å². The zero-order valence-electron chi connectivity index (χ0n) is 18.4. The number of aromatic nitrogens is 2. The number of benzene rings is 1. The van der Waals surface area contributed by atoms with E-state index in [4.69, 9.17) is 14.2 Å². The molecule has 0 aliphatic rings. The molecule has 2 heterocycles. The highest BCUT2D eigenvalue weighted by Gasteiger charge is 2.23. The minimum Gasteiger partial charge on any atom is -0.480 e. The quantitative estimate of drug-likeness (QED) is 0.547. The third-order valence-electron chi connectivity index (χ3n) is 4.27. The van der Waals surface area contributed by atoms with Crippen molar-refractivity contribution in [2.75, 3.05) is 26.1 Å². The number of ether oxygens (including phenoxy) is 3. The summed E-state index contributed by atoms with van der Waals surface area (Å²) in [6, 6.07) is 3.45. The predicted molar refractivity (Wildman–Crippen MR) is 120 cm³/mol. The van der Waals surface area contributed by atoms with Gasteiger partial charge in [-0.05, 0) is 39.8 Å². The molecule has 0 aliphatic heterocycles. The number of hydrogen-bond acceptors (Lipinski definition) is 9. The number of anilines is 1. The van der Waals surface area contributed by atoms with Gasteiger partial charge in [0.05, 0.1) is 37.1 Å². The molecule has 0 saturated heterocycles. The van der Waals surface area contributed by atoms with Crippen LogP contribution in [0.4, 0.5) is 10.5 Å². The third kappa shape index (κ3) is 5.13. The number of thiophene rings is 1. The lowest BCUT2D eigenvalue weighted by Gasteiger charge is -2.22. The standard InChI is InChI=1S/C21H26N4O5S/c1-11(24-20(27)30-21(2,3)4)9-22-17-15-13(31-18(17)19(26)29-6)8-7-12-16(15)23-10-14(25-12)28-5/h7-8,10-11,22H,9H2,1-6H3,(H,24,27)/t11-/m1/s1. The molecule has 10 heteroatoms. The summed E-state index contributed by atoms with van der Waals surface area (Å²) in [5.74, 6) is -0.0500. The van der Waals surface area contributed by atoms with Crippen LogP contribution in [0.2, 0.25) is 0 Å². The fraction of sp³-hybridized carbons (Fsp3) is 0.429. The molecule has 9 nitrogen and oxygen atoms in total. The number of esters is 1. The third-order valence-corrected chi connectivity index (χ3v) is 5.41. The van der Waals surface area contributed by atoms with Crippen molar-refractivity contribution < 1.29 is 23.8 Å². The van der Waals surface area contributed by atoms with Crippen molar-refractivity contribution in [1.82, 2.24) is 15.3 Å². The van der Waals surface area contributed by atoms with Crippen LogP contribution in [-0.4, -0.2) is 54.4 Å². The second kappa shape index (κ2) is 8.93. The second-order valence-electron chi connectivity index (χ2n) is 7.94. The van der Waals surface area contributed by atoms with Gasteiger partial charge in [0.1, 0.15) is 10.5 Å². The van der Waals surface area contributed by atoms with E-state index in [0.29, 0.717) is 34.0 Å². The van der Waals surface area contributed by atoms with Crippen LogP contribution in [0.25, 0.3) is 21.1 Å². The number of carbonyl (C=O) groups is 2. The van der Waals surface area contributed by atoms with Crippen molar-refractivity contribution >= 4 is 50.2 Å². The van der Waals surface area contributed by atoms with Gasteiger partial charge in [0.2, 0.25) is 5.88 Å². The van der Waals surface area contributed by atoms with Crippen LogP contribution in [-0.2, 0) is 9.47 Å². The highest BCUT2D eigenvalue weighted by molar-refractivity contribution is 7.21. The van der Waals surface area contributed by atoms with E-state index in [-0.39, 0.29) is 6.04 Å². The summed E-state index contributed by atoms with van der Waals surface area (Å²) in [4.78, 5) is 33.8. The number of alkyl carbamates (subject to hydrolysis) is 1. The zero-order chi connectivity index (χ0) is 22.8. The van der Waals surface area contributed by atoms with Gasteiger partial charge >= 0.3 is 12.1 Å². The summed E-state index contributed by atoms with van der Waals surface area (Å²) >= 11 is 1.31. The van der Waals surface area contributed by atoms with Crippen LogP contribution in [0, 0.1) is 0 Å². The maximum Gasteiger partial charge on any atom is 0.407 e. The van der Waals surface area contributed by atoms with Crippen LogP contribution >= 0.6 is 11.3 Å². The van der Waals surface area contributed by atoms with E-state index in [1.165, 1.54) is 31.8 Å². The molecule has 0 bridgehead atoms. The first-order valence-electron chi connectivity index (χ1n) is 9.71. The number of carbonyl (C=O) groups excluding carboxylic acids is 2. The Morgan fingerprint density at radius 3 is 2.61 bits per heavy atom. The van der Waals surface area contributed by atoms with Crippen molar-refractivity contribution in [2.24, 2.45) is 0 Å². The van der Waals surface area contributed by atoms with Gasteiger partial charge in [-0.15, -0.1) is 11.3 Å². The maximum atomic E-state index is 12.4. The van der Waals surface area contributed by atoms with E-state index in [1.54, 1.807) is 20.8 Å². The van der Waals surface area contributed by atoms with Crippen molar-refractivity contribution in [1.29, 1.82) is 0 Å². The van der Waals surface area contributed by atoms with Crippen LogP contribution in [0.5, 0.6) is 5.88 Å². The van der Waals surface area contributed by atoms with Crippen molar-refractivity contribution in [3.05, 3.63) is 23.2 Å². The minimum atomic E-state index is -0.586. The zero-order valence-corrected chi connectivity index (χ0v) is 19.2. The lowest BCUT2D eigenvalue weighted by molar-refractivity contribution is 0.0509. The molecule has 2 N–H and O–H groups in total. The molecule has 0 saturated carbocycles. The molecule has 3 aromatic rings. The van der Waals surface area contributed by atoms with E-state index in [0.717, 1.165) is 10.1 Å². The second-order valence-corrected chi connectivity index (χ2v) is 9.00. The Bertz CT molecular complexity index is 1120. The Kier molecular flexibility index (Phi) is 6.49. The fourth-order valence-electron chi connectivity index (χ4n) is 2.97. The van der Waals surface area contributed by atoms with Gasteiger partial charge in [-0.2, -0.15) is 0 Å². The molecule has 0 fully saturated rings. The van der Waals surface area contributed by atoms with E-state index in [9.17, 15) is 9.59 Å². The average molecular weight is 447 g/mol. The monoisotopic (exact) mass is 446 g/mol. The molecule has 0 aliphatic carbocycles. The van der Waals surface area contributed by atoms with Crippen LogP contribution in [0.15, 0.2) is 18.3 Å². The Morgan fingerprint density at radius 1 is 1.23 bits per heavy atom. The summed E-state index contributed by atoms with van der Waals surface area (Å²) in [7, 11) is 2.87. The lowest BCUT2D eigenvalue weighted by Crippen LogP contribution is -2.40. The fourth-order valence-corrected chi connectivity index (χ4v) is 4.07. The first-order valence-corrected chi connectivity index (χ1v) is 10.5. The molecule has 1 aromatic carbocycles. The summed E-state index contributed by atoms with van der Waals surface area (Å²) < 4.78 is 16.3. The van der Waals surface area contributed by atoms with Gasteiger partial charge < -0.3 is 24.8 Å². The number of nitrogens with zero attached hydrogens (tertiary/aromatic N) is 2. The molecule has 0 radical (unpaired) electrons. The van der Waals surface area contributed by atoms with Crippen molar-refractivity contribution in [3.63, 3.8) is 0 Å². The number of methoxy groups -OCH3 is 2. The Balaban J connectivity index is 1.94. The van der Waals surface area contributed by atoms with E-state index in [1.807, 2.05) is 19.1 Å². The van der Waals surface area contributed by atoms with Gasteiger partial charge in [0.15, 0.2) is 0 Å². The Hall–Kier alpha value is -3.14. The molecular formula is C21H26N4O5S. The van der Waals surface area contributed by atoms with E-state index >= 15 is 0 Å². The normalized spacial score (nSPS) is 12.5. The highest BCUT2D eigenvalue weighted by atomic mass is 32.1. The van der Waals surface area contributed by atoms with E-state index in [2.05, 4.69) is 20.6 Å².